The quantitative estimate of drug-likeness (QED) is 0.108. The molecular weight excluding hydrogens is 705 g/mol. The van der Waals surface area contributed by atoms with Crippen LogP contribution in [0.5, 0.6) is 0 Å². The number of fused-ring (bicyclic) bond motifs is 4. The third-order valence-corrected chi connectivity index (χ3v) is 10.7. The monoisotopic (exact) mass is 740 g/mol. The number of hydrogen-bond donors (Lipinski definition) is 2. The third-order valence-electron chi connectivity index (χ3n) is 10.7. The van der Waals surface area contributed by atoms with E-state index in [0.717, 1.165) is 88.6 Å². The SMILES string of the molecule is Fc1cc(F)cc(CNCc2c3ccccc3c(-c3ccc(-c4c5ccccc5c(CNCc5cc(F)cc(F)c5)c5ccccc45)cc3)c3ccccc23)c1. The molecule has 0 saturated carbocycles. The van der Waals surface area contributed by atoms with Crippen molar-refractivity contribution in [1.29, 1.82) is 0 Å². The highest BCUT2D eigenvalue weighted by molar-refractivity contribution is 6.17. The molecule has 2 N–H and O–H groups in total. The third kappa shape index (κ3) is 6.79. The molecule has 0 saturated heterocycles. The van der Waals surface area contributed by atoms with Crippen molar-refractivity contribution in [2.24, 2.45) is 0 Å². The van der Waals surface area contributed by atoms with Gasteiger partial charge in [0.25, 0.3) is 0 Å². The van der Waals surface area contributed by atoms with Crippen LogP contribution in [0.3, 0.4) is 0 Å². The van der Waals surface area contributed by atoms with E-state index in [1.165, 1.54) is 24.3 Å². The summed E-state index contributed by atoms with van der Waals surface area (Å²) in [5, 5.41) is 15.8. The molecule has 0 aromatic heterocycles. The highest BCUT2D eigenvalue weighted by Crippen LogP contribution is 2.43. The summed E-state index contributed by atoms with van der Waals surface area (Å²) in [6.07, 6.45) is 0. The molecule has 9 aromatic carbocycles. The van der Waals surface area contributed by atoms with Gasteiger partial charge in [0.1, 0.15) is 23.3 Å². The highest BCUT2D eigenvalue weighted by Gasteiger charge is 2.18. The number of nitrogens with one attached hydrogen (secondary N) is 2. The van der Waals surface area contributed by atoms with Crippen LogP contribution in [0, 0.1) is 23.3 Å². The van der Waals surface area contributed by atoms with Gasteiger partial charge in [0, 0.05) is 38.3 Å². The molecular formula is C50H36F4N2. The van der Waals surface area contributed by atoms with Crippen molar-refractivity contribution in [3.8, 4) is 22.3 Å². The van der Waals surface area contributed by atoms with Crippen LogP contribution in [0.2, 0.25) is 0 Å². The average molecular weight is 741 g/mol. The smallest absolute Gasteiger partial charge is 0.126 e. The van der Waals surface area contributed by atoms with Crippen LogP contribution < -0.4 is 10.6 Å². The van der Waals surface area contributed by atoms with E-state index in [-0.39, 0.29) is 0 Å². The lowest BCUT2D eigenvalue weighted by molar-refractivity contribution is 0.574. The molecule has 0 fully saturated rings. The van der Waals surface area contributed by atoms with E-state index in [0.29, 0.717) is 37.3 Å². The van der Waals surface area contributed by atoms with Gasteiger partial charge >= 0.3 is 0 Å². The minimum atomic E-state index is -0.586. The summed E-state index contributed by atoms with van der Waals surface area (Å²) in [5.41, 5.74) is 7.85. The normalized spacial score (nSPS) is 11.6. The van der Waals surface area contributed by atoms with Crippen LogP contribution in [-0.4, -0.2) is 0 Å². The molecule has 0 radical (unpaired) electrons. The van der Waals surface area contributed by atoms with Crippen LogP contribution in [0.25, 0.3) is 65.3 Å². The number of benzene rings is 9. The minimum Gasteiger partial charge on any atom is -0.309 e. The number of halogens is 4. The van der Waals surface area contributed by atoms with Crippen LogP contribution in [0.15, 0.2) is 158 Å². The summed E-state index contributed by atoms with van der Waals surface area (Å²) in [5.74, 6) is -2.34. The molecule has 2 nitrogen and oxygen atoms in total. The van der Waals surface area contributed by atoms with Crippen molar-refractivity contribution in [2.75, 3.05) is 0 Å². The summed E-state index contributed by atoms with van der Waals surface area (Å²) in [6, 6.07) is 49.7. The predicted octanol–water partition coefficient (Wildman–Crippen LogP) is 12.8. The van der Waals surface area contributed by atoms with Gasteiger partial charge in [0.05, 0.1) is 0 Å². The van der Waals surface area contributed by atoms with E-state index in [1.54, 1.807) is 0 Å². The molecule has 0 spiro atoms. The molecule has 9 rings (SSSR count). The van der Waals surface area contributed by atoms with Crippen molar-refractivity contribution in [3.63, 3.8) is 0 Å². The van der Waals surface area contributed by atoms with Crippen LogP contribution >= 0.6 is 0 Å². The van der Waals surface area contributed by atoms with E-state index in [2.05, 4.69) is 108 Å². The van der Waals surface area contributed by atoms with Crippen LogP contribution in [0.4, 0.5) is 17.6 Å². The fourth-order valence-corrected chi connectivity index (χ4v) is 8.33. The maximum atomic E-state index is 13.9. The zero-order valence-electron chi connectivity index (χ0n) is 30.4. The van der Waals surface area contributed by atoms with Gasteiger partial charge in [0.2, 0.25) is 0 Å². The van der Waals surface area contributed by atoms with Gasteiger partial charge in [-0.25, -0.2) is 17.6 Å². The maximum absolute atomic E-state index is 13.9. The summed E-state index contributed by atoms with van der Waals surface area (Å²) >= 11 is 0. The molecule has 0 atom stereocenters. The van der Waals surface area contributed by atoms with Crippen molar-refractivity contribution in [3.05, 3.63) is 203 Å². The topological polar surface area (TPSA) is 24.1 Å². The molecule has 0 amide bonds. The van der Waals surface area contributed by atoms with Crippen molar-refractivity contribution in [2.45, 2.75) is 26.2 Å². The highest BCUT2D eigenvalue weighted by atomic mass is 19.1. The first-order valence-electron chi connectivity index (χ1n) is 18.7. The number of rotatable bonds is 10. The van der Waals surface area contributed by atoms with Gasteiger partial charge in [0.15, 0.2) is 0 Å². The van der Waals surface area contributed by atoms with Gasteiger partial charge in [-0.05, 0) is 112 Å². The molecule has 6 heteroatoms. The molecule has 274 valence electrons. The minimum absolute atomic E-state index is 0.331. The second-order valence-electron chi connectivity index (χ2n) is 14.2. The molecule has 0 aliphatic carbocycles. The lowest BCUT2D eigenvalue weighted by Crippen LogP contribution is -2.14. The summed E-state index contributed by atoms with van der Waals surface area (Å²) in [6.45, 7) is 1.70. The Morgan fingerprint density at radius 3 is 0.857 bits per heavy atom. The largest absolute Gasteiger partial charge is 0.309 e. The Labute approximate surface area is 322 Å². The lowest BCUT2D eigenvalue weighted by Gasteiger charge is -2.19. The Kier molecular flexibility index (Phi) is 9.51. The molecule has 56 heavy (non-hydrogen) atoms. The maximum Gasteiger partial charge on any atom is 0.126 e. The Balaban J connectivity index is 1.09. The Hall–Kier alpha value is -6.34. The second kappa shape index (κ2) is 15.1. The standard InChI is InChI=1S/C50H36F4N2/c51-35-21-31(22-36(52)25-35)27-55-29-47-39-9-1-5-13-43(39)49(44-14-6-2-10-40(44)47)33-17-19-34(20-18-33)50-45-15-7-3-11-41(45)48(42-12-4-8-16-46(42)50)30-56-28-32-23-37(53)26-38(54)24-32/h1-26,55-56H,27-30H2. The zero-order valence-corrected chi connectivity index (χ0v) is 30.4. The lowest BCUT2D eigenvalue weighted by atomic mass is 9.86. The molecule has 0 aliphatic rings. The van der Waals surface area contributed by atoms with Crippen molar-refractivity contribution < 1.29 is 17.6 Å². The van der Waals surface area contributed by atoms with E-state index in [9.17, 15) is 17.6 Å². The van der Waals surface area contributed by atoms with E-state index in [4.69, 9.17) is 0 Å². The first-order chi connectivity index (χ1) is 27.4. The summed E-state index contributed by atoms with van der Waals surface area (Å²) in [7, 11) is 0. The molecule has 0 aliphatic heterocycles. The molecule has 9 aromatic rings. The van der Waals surface area contributed by atoms with E-state index in [1.807, 2.05) is 24.3 Å². The van der Waals surface area contributed by atoms with Gasteiger partial charge < -0.3 is 10.6 Å². The van der Waals surface area contributed by atoms with Crippen molar-refractivity contribution in [1.82, 2.24) is 10.6 Å². The first-order valence-corrected chi connectivity index (χ1v) is 18.7. The van der Waals surface area contributed by atoms with Crippen molar-refractivity contribution >= 4 is 43.1 Å². The van der Waals surface area contributed by atoms with E-state index >= 15 is 0 Å². The predicted molar refractivity (Wildman–Crippen MR) is 221 cm³/mol. The Bertz CT molecular complexity index is 2570. The van der Waals surface area contributed by atoms with Gasteiger partial charge in [-0.2, -0.15) is 0 Å². The fourth-order valence-electron chi connectivity index (χ4n) is 8.33. The molecule has 0 unspecified atom stereocenters. The summed E-state index contributed by atoms with van der Waals surface area (Å²) in [4.78, 5) is 0. The van der Waals surface area contributed by atoms with E-state index < -0.39 is 23.3 Å². The Morgan fingerprint density at radius 2 is 0.571 bits per heavy atom. The van der Waals surface area contributed by atoms with Gasteiger partial charge in [-0.15, -0.1) is 0 Å². The molecule has 0 bridgehead atoms. The molecule has 0 heterocycles. The zero-order chi connectivity index (χ0) is 38.2. The summed E-state index contributed by atoms with van der Waals surface area (Å²) < 4.78 is 55.6. The fraction of sp³-hybridized carbons (Fsp3) is 0.0800. The average Bonchev–Trinajstić information content (AvgIpc) is 3.20. The van der Waals surface area contributed by atoms with Crippen LogP contribution in [-0.2, 0) is 26.2 Å². The Morgan fingerprint density at radius 1 is 0.304 bits per heavy atom. The second-order valence-corrected chi connectivity index (χ2v) is 14.2. The van der Waals surface area contributed by atoms with Gasteiger partial charge in [-0.3, -0.25) is 0 Å². The van der Waals surface area contributed by atoms with Gasteiger partial charge in [-0.1, -0.05) is 121 Å². The first kappa shape index (κ1) is 35.4. The van der Waals surface area contributed by atoms with Crippen LogP contribution in [0.1, 0.15) is 22.3 Å². The number of hydrogen-bond acceptors (Lipinski definition) is 2.